The van der Waals surface area contributed by atoms with Crippen molar-refractivity contribution in [1.82, 2.24) is 10.2 Å². The SMILES string of the molecule is Cc1ccc(Cl)cc1N1C(=O)C(Cl)=C(Nc2ccc(S(=O)(=O)Nc3ccc(Cl)nn3)cc2)C1=O. The molecule has 0 spiro atoms. The number of rotatable bonds is 6. The predicted molar refractivity (Wildman–Crippen MR) is 129 cm³/mol. The monoisotopic (exact) mass is 537 g/mol. The molecule has 1 aromatic heterocycles. The number of carbonyl (C=O) groups is 2. The van der Waals surface area contributed by atoms with Gasteiger partial charge in [-0.25, -0.2) is 13.3 Å². The van der Waals surface area contributed by atoms with E-state index in [1.165, 1.54) is 42.5 Å². The molecule has 0 atom stereocenters. The van der Waals surface area contributed by atoms with E-state index in [1.54, 1.807) is 19.1 Å². The highest BCUT2D eigenvalue weighted by atomic mass is 35.5. The Morgan fingerprint density at radius 3 is 2.24 bits per heavy atom. The second-order valence-corrected chi connectivity index (χ2v) is 9.95. The van der Waals surface area contributed by atoms with Crippen LogP contribution in [0, 0.1) is 6.92 Å². The highest BCUT2D eigenvalue weighted by Crippen LogP contribution is 2.33. The summed E-state index contributed by atoms with van der Waals surface area (Å²) in [5.74, 6) is -1.37. The van der Waals surface area contributed by atoms with Crippen molar-refractivity contribution in [3.8, 4) is 0 Å². The number of anilines is 3. The average molecular weight is 539 g/mol. The molecule has 0 fully saturated rings. The Kier molecular flexibility index (Phi) is 6.50. The van der Waals surface area contributed by atoms with Crippen LogP contribution in [0.5, 0.6) is 0 Å². The summed E-state index contributed by atoms with van der Waals surface area (Å²) in [4.78, 5) is 26.5. The second kappa shape index (κ2) is 9.22. The summed E-state index contributed by atoms with van der Waals surface area (Å²) in [6.45, 7) is 1.73. The van der Waals surface area contributed by atoms with E-state index in [2.05, 4.69) is 20.2 Å². The molecule has 2 aromatic carbocycles. The fourth-order valence-corrected chi connectivity index (χ4v) is 4.56. The minimum absolute atomic E-state index is 0.00463. The average Bonchev–Trinajstić information content (AvgIpc) is 3.00. The number of halogens is 3. The maximum atomic E-state index is 13.0. The van der Waals surface area contributed by atoms with Crippen LogP contribution in [0.15, 0.2) is 70.2 Å². The first kappa shape index (κ1) is 24.0. The fourth-order valence-electron chi connectivity index (χ4n) is 3.08. The molecule has 13 heteroatoms. The lowest BCUT2D eigenvalue weighted by molar-refractivity contribution is -0.120. The van der Waals surface area contributed by atoms with Gasteiger partial charge in [-0.1, -0.05) is 40.9 Å². The Balaban J connectivity index is 1.54. The van der Waals surface area contributed by atoms with Crippen molar-refractivity contribution >= 4 is 73.8 Å². The Labute approximate surface area is 209 Å². The molecule has 2 amide bonds. The lowest BCUT2D eigenvalue weighted by Gasteiger charge is -2.17. The molecule has 2 N–H and O–H groups in total. The normalized spacial score (nSPS) is 14.1. The van der Waals surface area contributed by atoms with E-state index in [0.717, 1.165) is 4.90 Å². The molecular weight excluding hydrogens is 525 g/mol. The zero-order chi connectivity index (χ0) is 24.6. The number of hydrogen-bond acceptors (Lipinski definition) is 7. The predicted octanol–water partition coefficient (Wildman–Crippen LogP) is 4.33. The molecule has 0 bridgehead atoms. The summed E-state index contributed by atoms with van der Waals surface area (Å²) >= 11 is 17.8. The number of aromatic nitrogens is 2. The molecule has 34 heavy (non-hydrogen) atoms. The van der Waals surface area contributed by atoms with Gasteiger partial charge in [0.15, 0.2) is 11.0 Å². The van der Waals surface area contributed by atoms with Gasteiger partial charge in [0.25, 0.3) is 21.8 Å². The topological polar surface area (TPSA) is 121 Å². The smallest absolute Gasteiger partial charge is 0.283 e. The Hall–Kier alpha value is -3.18. The lowest BCUT2D eigenvalue weighted by atomic mass is 10.2. The maximum Gasteiger partial charge on any atom is 0.283 e. The highest BCUT2D eigenvalue weighted by molar-refractivity contribution is 7.92. The first-order valence-electron chi connectivity index (χ1n) is 9.50. The van der Waals surface area contributed by atoms with Gasteiger partial charge >= 0.3 is 0 Å². The maximum absolute atomic E-state index is 13.0. The Morgan fingerprint density at radius 2 is 1.59 bits per heavy atom. The molecular formula is C21H14Cl3N5O4S. The molecule has 1 aliphatic heterocycles. The molecule has 0 saturated heterocycles. The van der Waals surface area contributed by atoms with Crippen molar-refractivity contribution in [1.29, 1.82) is 0 Å². The van der Waals surface area contributed by atoms with E-state index in [0.29, 0.717) is 22.0 Å². The second-order valence-electron chi connectivity index (χ2n) is 7.06. The zero-order valence-electron chi connectivity index (χ0n) is 17.2. The highest BCUT2D eigenvalue weighted by Gasteiger charge is 2.39. The van der Waals surface area contributed by atoms with Crippen LogP contribution in [0.3, 0.4) is 0 Å². The van der Waals surface area contributed by atoms with Gasteiger partial charge in [-0.15, -0.1) is 10.2 Å². The Bertz CT molecular complexity index is 1440. The molecule has 1 aliphatic rings. The van der Waals surface area contributed by atoms with E-state index in [1.807, 2.05) is 0 Å². The molecule has 4 rings (SSSR count). The van der Waals surface area contributed by atoms with E-state index >= 15 is 0 Å². The van der Waals surface area contributed by atoms with Crippen LogP contribution in [0.1, 0.15) is 5.56 Å². The standard InChI is InChI=1S/C21H14Cl3N5O4S/c1-11-2-3-12(22)10-15(11)29-20(30)18(24)19(21(29)31)25-13-4-6-14(7-5-13)34(32,33)28-17-9-8-16(23)26-27-17/h2-10,25H,1H3,(H,27,28). The quantitative estimate of drug-likeness (QED) is 0.448. The minimum atomic E-state index is -3.96. The summed E-state index contributed by atoms with van der Waals surface area (Å²) in [5.41, 5.74) is 1.17. The van der Waals surface area contributed by atoms with E-state index in [9.17, 15) is 18.0 Å². The van der Waals surface area contributed by atoms with Crippen molar-refractivity contribution in [2.75, 3.05) is 14.9 Å². The van der Waals surface area contributed by atoms with E-state index in [-0.39, 0.29) is 26.6 Å². The number of imide groups is 1. The van der Waals surface area contributed by atoms with E-state index in [4.69, 9.17) is 34.8 Å². The van der Waals surface area contributed by atoms with Gasteiger partial charge in [0.1, 0.15) is 10.7 Å². The fraction of sp³-hybridized carbons (Fsp3) is 0.0476. The molecule has 174 valence electrons. The summed E-state index contributed by atoms with van der Waals surface area (Å²) < 4.78 is 27.4. The number of nitrogens with one attached hydrogen (secondary N) is 2. The van der Waals surface area contributed by atoms with Gasteiger partial charge in [-0.2, -0.15) is 0 Å². The molecule has 0 saturated carbocycles. The number of nitrogens with zero attached hydrogens (tertiary/aromatic N) is 3. The molecule has 0 aliphatic carbocycles. The van der Waals surface area contributed by atoms with Crippen molar-refractivity contribution < 1.29 is 18.0 Å². The van der Waals surface area contributed by atoms with Crippen molar-refractivity contribution in [2.45, 2.75) is 11.8 Å². The molecule has 0 unspecified atom stereocenters. The summed E-state index contributed by atoms with van der Waals surface area (Å²) in [6.07, 6.45) is 0. The van der Waals surface area contributed by atoms with Gasteiger partial charge < -0.3 is 5.32 Å². The van der Waals surface area contributed by atoms with Crippen LogP contribution < -0.4 is 14.9 Å². The first-order valence-corrected chi connectivity index (χ1v) is 12.1. The van der Waals surface area contributed by atoms with Gasteiger partial charge in [-0.05, 0) is 61.0 Å². The third-order valence-electron chi connectivity index (χ3n) is 4.74. The lowest BCUT2D eigenvalue weighted by Crippen LogP contribution is -2.32. The summed E-state index contributed by atoms with van der Waals surface area (Å²) in [6, 6.07) is 13.0. The van der Waals surface area contributed by atoms with Crippen LogP contribution in [-0.2, 0) is 19.6 Å². The van der Waals surface area contributed by atoms with Gasteiger partial charge in [0.05, 0.1) is 10.6 Å². The van der Waals surface area contributed by atoms with Crippen molar-refractivity contribution in [2.24, 2.45) is 0 Å². The van der Waals surface area contributed by atoms with Crippen LogP contribution in [0.2, 0.25) is 10.2 Å². The number of benzene rings is 2. The first-order chi connectivity index (χ1) is 16.1. The zero-order valence-corrected chi connectivity index (χ0v) is 20.3. The number of amides is 2. The number of hydrogen-bond donors (Lipinski definition) is 2. The number of aryl methyl sites for hydroxylation is 1. The molecule has 9 nitrogen and oxygen atoms in total. The van der Waals surface area contributed by atoms with Crippen LogP contribution in [-0.4, -0.2) is 30.4 Å². The summed E-state index contributed by atoms with van der Waals surface area (Å²) in [7, 11) is -3.96. The van der Waals surface area contributed by atoms with Crippen LogP contribution >= 0.6 is 34.8 Å². The molecule has 2 heterocycles. The summed E-state index contributed by atoms with van der Waals surface area (Å²) in [5, 5.41) is 10.2. The molecule has 3 aromatic rings. The van der Waals surface area contributed by atoms with Crippen LogP contribution in [0.4, 0.5) is 17.2 Å². The third-order valence-corrected chi connectivity index (χ3v) is 6.90. The van der Waals surface area contributed by atoms with E-state index < -0.39 is 21.8 Å². The van der Waals surface area contributed by atoms with Gasteiger partial charge in [-0.3, -0.25) is 14.3 Å². The third kappa shape index (κ3) is 4.71. The number of carbonyl (C=O) groups excluding carboxylic acids is 2. The van der Waals surface area contributed by atoms with Gasteiger partial charge in [0, 0.05) is 10.7 Å². The molecule has 0 radical (unpaired) electrons. The van der Waals surface area contributed by atoms with Crippen molar-refractivity contribution in [3.63, 3.8) is 0 Å². The Morgan fingerprint density at radius 1 is 0.882 bits per heavy atom. The number of sulfonamides is 1. The minimum Gasteiger partial charge on any atom is -0.350 e. The van der Waals surface area contributed by atoms with Crippen molar-refractivity contribution in [3.05, 3.63) is 81.1 Å². The van der Waals surface area contributed by atoms with Gasteiger partial charge in [0.2, 0.25) is 0 Å². The largest absolute Gasteiger partial charge is 0.350 e. The van der Waals surface area contributed by atoms with Crippen LogP contribution in [0.25, 0.3) is 0 Å².